The van der Waals surface area contributed by atoms with Crippen LogP contribution in [0.3, 0.4) is 0 Å². The summed E-state index contributed by atoms with van der Waals surface area (Å²) in [5, 5.41) is 16.8. The summed E-state index contributed by atoms with van der Waals surface area (Å²) < 4.78 is 5.37. The Bertz CT molecular complexity index is 429. The number of rotatable bonds is 6. The molecular formula is C13H23N3O3S. The first-order valence-corrected chi connectivity index (χ1v) is 7.75. The lowest BCUT2D eigenvalue weighted by Gasteiger charge is -2.27. The van der Waals surface area contributed by atoms with Gasteiger partial charge in [0.1, 0.15) is 10.6 Å². The Morgan fingerprint density at radius 3 is 2.75 bits per heavy atom. The number of aromatic amines is 1. The number of aliphatic hydroxyl groups excluding tert-OH is 1. The molecule has 0 saturated carbocycles. The van der Waals surface area contributed by atoms with E-state index in [1.54, 1.807) is 4.90 Å². The molecule has 0 aliphatic heterocycles. The molecule has 1 rings (SSSR count). The van der Waals surface area contributed by atoms with Crippen molar-refractivity contribution in [3.63, 3.8) is 0 Å². The van der Waals surface area contributed by atoms with Crippen LogP contribution >= 0.6 is 11.8 Å². The monoisotopic (exact) mass is 301 g/mol. The minimum Gasteiger partial charge on any atom is -0.444 e. The predicted octanol–water partition coefficient (Wildman–Crippen LogP) is 2.25. The number of carbonyl (C=O) groups excluding carboxylic acids is 1. The highest BCUT2D eigenvalue weighted by Gasteiger charge is 2.22. The van der Waals surface area contributed by atoms with Crippen molar-refractivity contribution >= 4 is 17.9 Å². The molecule has 1 heterocycles. The van der Waals surface area contributed by atoms with E-state index in [0.717, 1.165) is 10.7 Å². The molecule has 0 aromatic carbocycles. The van der Waals surface area contributed by atoms with Gasteiger partial charge in [-0.1, -0.05) is 0 Å². The number of nitrogens with one attached hydrogen (secondary N) is 1. The average molecular weight is 301 g/mol. The first-order valence-electron chi connectivity index (χ1n) is 6.53. The van der Waals surface area contributed by atoms with Crippen LogP contribution in [-0.2, 0) is 11.3 Å². The molecule has 0 unspecified atom stereocenters. The van der Waals surface area contributed by atoms with Gasteiger partial charge in [-0.2, -0.15) is 5.10 Å². The number of carbonyl (C=O) groups is 1. The van der Waals surface area contributed by atoms with Gasteiger partial charge in [0.05, 0.1) is 12.2 Å². The Kier molecular flexibility index (Phi) is 6.35. The maximum Gasteiger partial charge on any atom is 0.410 e. The number of amides is 1. The number of thioether (sulfide) groups is 1. The second-order valence-electron chi connectivity index (χ2n) is 5.41. The molecular weight excluding hydrogens is 278 g/mol. The van der Waals surface area contributed by atoms with Crippen LogP contribution < -0.4 is 0 Å². The fourth-order valence-electron chi connectivity index (χ4n) is 1.55. The minimum absolute atomic E-state index is 0.0400. The second kappa shape index (κ2) is 7.54. The summed E-state index contributed by atoms with van der Waals surface area (Å²) in [6.45, 7) is 6.37. The van der Waals surface area contributed by atoms with Gasteiger partial charge in [0.25, 0.3) is 0 Å². The number of hydrogen-bond acceptors (Lipinski definition) is 5. The van der Waals surface area contributed by atoms with Crippen molar-refractivity contribution in [2.45, 2.75) is 44.4 Å². The van der Waals surface area contributed by atoms with E-state index in [-0.39, 0.29) is 12.7 Å². The summed E-state index contributed by atoms with van der Waals surface area (Å²) in [5.74, 6) is 0. The highest BCUT2D eigenvalue weighted by molar-refractivity contribution is 7.98. The third-order valence-corrected chi connectivity index (χ3v) is 3.04. The van der Waals surface area contributed by atoms with E-state index in [2.05, 4.69) is 10.2 Å². The average Bonchev–Trinajstić information content (AvgIpc) is 2.79. The largest absolute Gasteiger partial charge is 0.444 e. The molecule has 0 radical (unpaired) electrons. The number of aromatic nitrogens is 2. The topological polar surface area (TPSA) is 78.5 Å². The highest BCUT2D eigenvalue weighted by atomic mass is 32.2. The molecule has 20 heavy (non-hydrogen) atoms. The van der Waals surface area contributed by atoms with Crippen molar-refractivity contribution < 1.29 is 14.6 Å². The Labute approximate surface area is 123 Å². The van der Waals surface area contributed by atoms with E-state index in [1.807, 2.05) is 33.1 Å². The molecule has 0 atom stereocenters. The molecule has 6 nitrogen and oxygen atoms in total. The number of hydrogen-bond donors (Lipinski definition) is 2. The van der Waals surface area contributed by atoms with Crippen molar-refractivity contribution in [2.24, 2.45) is 0 Å². The molecule has 0 spiro atoms. The van der Waals surface area contributed by atoms with Crippen LogP contribution in [0.1, 0.15) is 32.9 Å². The molecule has 0 saturated heterocycles. The quantitative estimate of drug-likeness (QED) is 0.788. The smallest absolute Gasteiger partial charge is 0.410 e. The standard InChI is InChI=1S/C13H23N3O3S/c1-13(2,3)19-12(18)16(6-5-7-17)9-10-8-11(20-4)15-14-10/h8,17H,5-7,9H2,1-4H3,(H,14,15). The summed E-state index contributed by atoms with van der Waals surface area (Å²) in [6, 6.07) is 1.90. The zero-order valence-corrected chi connectivity index (χ0v) is 13.3. The first-order chi connectivity index (χ1) is 9.35. The van der Waals surface area contributed by atoms with Crippen LogP contribution in [0.25, 0.3) is 0 Å². The van der Waals surface area contributed by atoms with Gasteiger partial charge in [-0.15, -0.1) is 11.8 Å². The Morgan fingerprint density at radius 1 is 1.55 bits per heavy atom. The van der Waals surface area contributed by atoms with Crippen LogP contribution in [0, 0.1) is 0 Å². The molecule has 0 aliphatic carbocycles. The summed E-state index contributed by atoms with van der Waals surface area (Å²) in [6.07, 6.45) is 2.08. The zero-order valence-electron chi connectivity index (χ0n) is 12.5. The first kappa shape index (κ1) is 16.8. The number of aliphatic hydroxyl groups is 1. The summed E-state index contributed by atoms with van der Waals surface area (Å²) in [7, 11) is 0. The minimum atomic E-state index is -0.535. The van der Waals surface area contributed by atoms with E-state index < -0.39 is 5.60 Å². The van der Waals surface area contributed by atoms with E-state index >= 15 is 0 Å². The maximum atomic E-state index is 12.1. The van der Waals surface area contributed by atoms with Crippen LogP contribution in [0.15, 0.2) is 11.1 Å². The molecule has 7 heteroatoms. The maximum absolute atomic E-state index is 12.1. The summed E-state index contributed by atoms with van der Waals surface area (Å²) >= 11 is 1.54. The van der Waals surface area contributed by atoms with Gasteiger partial charge in [-0.05, 0) is 39.5 Å². The highest BCUT2D eigenvalue weighted by Crippen LogP contribution is 2.15. The van der Waals surface area contributed by atoms with Gasteiger partial charge >= 0.3 is 6.09 Å². The Hall–Kier alpha value is -1.21. The summed E-state index contributed by atoms with van der Waals surface area (Å²) in [4.78, 5) is 13.7. The van der Waals surface area contributed by atoms with Crippen LogP contribution in [0.4, 0.5) is 4.79 Å². The Morgan fingerprint density at radius 2 is 2.25 bits per heavy atom. The third-order valence-electron chi connectivity index (χ3n) is 2.42. The van der Waals surface area contributed by atoms with Gasteiger partial charge in [0, 0.05) is 13.2 Å². The number of H-pyrrole nitrogens is 1. The third kappa shape index (κ3) is 5.83. The molecule has 0 fully saturated rings. The Balaban J connectivity index is 2.70. The van der Waals surface area contributed by atoms with Gasteiger partial charge in [0.2, 0.25) is 0 Å². The van der Waals surface area contributed by atoms with Gasteiger partial charge in [-0.3, -0.25) is 5.10 Å². The lowest BCUT2D eigenvalue weighted by Crippen LogP contribution is -2.37. The van der Waals surface area contributed by atoms with Crippen molar-refractivity contribution in [1.29, 1.82) is 0 Å². The van der Waals surface area contributed by atoms with E-state index in [4.69, 9.17) is 9.84 Å². The van der Waals surface area contributed by atoms with Crippen LogP contribution in [0.5, 0.6) is 0 Å². The molecule has 0 bridgehead atoms. The fraction of sp³-hybridized carbons (Fsp3) is 0.692. The number of nitrogens with zero attached hydrogens (tertiary/aromatic N) is 2. The predicted molar refractivity (Wildman–Crippen MR) is 78.7 cm³/mol. The van der Waals surface area contributed by atoms with E-state index in [0.29, 0.717) is 19.5 Å². The lowest BCUT2D eigenvalue weighted by atomic mass is 10.2. The molecule has 0 aliphatic rings. The van der Waals surface area contributed by atoms with Crippen molar-refractivity contribution in [1.82, 2.24) is 15.1 Å². The molecule has 114 valence electrons. The molecule has 1 aromatic rings. The number of ether oxygens (including phenoxy) is 1. The van der Waals surface area contributed by atoms with Gasteiger partial charge in [0.15, 0.2) is 0 Å². The normalized spacial score (nSPS) is 11.4. The fourth-order valence-corrected chi connectivity index (χ4v) is 1.95. The second-order valence-corrected chi connectivity index (χ2v) is 6.24. The molecule has 2 N–H and O–H groups in total. The van der Waals surface area contributed by atoms with Crippen LogP contribution in [0.2, 0.25) is 0 Å². The van der Waals surface area contributed by atoms with Gasteiger partial charge in [-0.25, -0.2) is 4.79 Å². The molecule has 1 aromatic heterocycles. The van der Waals surface area contributed by atoms with Crippen molar-refractivity contribution in [3.05, 3.63) is 11.8 Å². The zero-order chi connectivity index (χ0) is 15.2. The van der Waals surface area contributed by atoms with Crippen LogP contribution in [-0.4, -0.2) is 51.3 Å². The summed E-state index contributed by atoms with van der Waals surface area (Å²) in [5.41, 5.74) is 0.311. The van der Waals surface area contributed by atoms with E-state index in [1.165, 1.54) is 11.8 Å². The van der Waals surface area contributed by atoms with Crippen molar-refractivity contribution in [3.8, 4) is 0 Å². The van der Waals surface area contributed by atoms with Crippen molar-refractivity contribution in [2.75, 3.05) is 19.4 Å². The SMILES string of the molecule is CSc1cc(CN(CCCO)C(=O)OC(C)(C)C)[nH]n1. The van der Waals surface area contributed by atoms with E-state index in [9.17, 15) is 4.79 Å². The van der Waals surface area contributed by atoms with Gasteiger partial charge < -0.3 is 14.7 Å². The lowest BCUT2D eigenvalue weighted by molar-refractivity contribution is 0.0221. The molecule has 1 amide bonds.